The largest absolute Gasteiger partial charge is 0.495 e. The van der Waals surface area contributed by atoms with Gasteiger partial charge in [-0.3, -0.25) is 9.59 Å². The van der Waals surface area contributed by atoms with Gasteiger partial charge in [0.1, 0.15) is 23.7 Å². The highest BCUT2D eigenvalue weighted by molar-refractivity contribution is 6.32. The lowest BCUT2D eigenvalue weighted by molar-refractivity contribution is -0.123. The number of ether oxygens (including phenoxy) is 3. The van der Waals surface area contributed by atoms with E-state index in [0.717, 1.165) is 0 Å². The molecule has 8 heteroatoms. The average Bonchev–Trinajstić information content (AvgIpc) is 2.63. The second-order valence-electron chi connectivity index (χ2n) is 5.16. The third-order valence-electron chi connectivity index (χ3n) is 3.45. The molecular weight excluding hydrogens is 360 g/mol. The van der Waals surface area contributed by atoms with Crippen LogP contribution in [0.1, 0.15) is 6.42 Å². The normalized spacial score (nSPS) is 10.0. The molecule has 0 aromatic heterocycles. The molecule has 0 fully saturated rings. The highest BCUT2D eigenvalue weighted by atomic mass is 35.5. The topological polar surface area (TPSA) is 85.9 Å². The van der Waals surface area contributed by atoms with E-state index in [1.165, 1.54) is 33.5 Å². The average molecular weight is 379 g/mol. The summed E-state index contributed by atoms with van der Waals surface area (Å²) in [5.41, 5.74) is 0.836. The number of carbonyl (C=O) groups excluding carboxylic acids is 2. The van der Waals surface area contributed by atoms with Crippen molar-refractivity contribution >= 4 is 34.8 Å². The van der Waals surface area contributed by atoms with E-state index in [1.807, 2.05) is 0 Å². The number of hydrogen-bond donors (Lipinski definition) is 2. The van der Waals surface area contributed by atoms with E-state index in [0.29, 0.717) is 33.6 Å². The van der Waals surface area contributed by atoms with Gasteiger partial charge in [-0.25, -0.2) is 0 Å². The van der Waals surface area contributed by atoms with Gasteiger partial charge in [0, 0.05) is 12.1 Å². The Morgan fingerprint density at radius 2 is 1.42 bits per heavy atom. The first kappa shape index (κ1) is 19.4. The summed E-state index contributed by atoms with van der Waals surface area (Å²) >= 11 is 6.03. The lowest BCUT2D eigenvalue weighted by Gasteiger charge is -2.13. The Kier molecular flexibility index (Phi) is 6.68. The van der Waals surface area contributed by atoms with Gasteiger partial charge in [-0.15, -0.1) is 0 Å². The van der Waals surface area contributed by atoms with Crippen molar-refractivity contribution in [1.82, 2.24) is 0 Å². The fourth-order valence-electron chi connectivity index (χ4n) is 2.24. The maximum atomic E-state index is 12.2. The SMILES string of the molecule is COc1cc(NC(=O)CC(=O)Nc2ccccc2OC)c(OC)cc1Cl. The molecule has 2 aromatic carbocycles. The zero-order valence-corrected chi connectivity index (χ0v) is 15.3. The van der Waals surface area contributed by atoms with Crippen LogP contribution in [-0.4, -0.2) is 33.1 Å². The number of rotatable bonds is 7. The van der Waals surface area contributed by atoms with Crippen LogP contribution in [0.5, 0.6) is 17.2 Å². The number of para-hydroxylation sites is 2. The molecule has 7 nitrogen and oxygen atoms in total. The molecule has 0 radical (unpaired) electrons. The quantitative estimate of drug-likeness (QED) is 0.722. The Labute approximate surface area is 156 Å². The molecule has 0 aliphatic rings. The first-order chi connectivity index (χ1) is 12.5. The van der Waals surface area contributed by atoms with Crippen molar-refractivity contribution in [2.45, 2.75) is 6.42 Å². The number of methoxy groups -OCH3 is 3. The van der Waals surface area contributed by atoms with Crippen LogP contribution in [0.25, 0.3) is 0 Å². The van der Waals surface area contributed by atoms with Crippen LogP contribution in [-0.2, 0) is 9.59 Å². The molecule has 0 saturated carbocycles. The summed E-state index contributed by atoms with van der Waals surface area (Å²) in [5, 5.41) is 5.59. The summed E-state index contributed by atoms with van der Waals surface area (Å²) in [4.78, 5) is 24.3. The molecule has 26 heavy (non-hydrogen) atoms. The molecule has 0 atom stereocenters. The predicted octanol–water partition coefficient (Wildman–Crippen LogP) is 3.33. The summed E-state index contributed by atoms with van der Waals surface area (Å²) in [5.74, 6) is 0.243. The highest BCUT2D eigenvalue weighted by Crippen LogP contribution is 2.35. The summed E-state index contributed by atoms with van der Waals surface area (Å²) in [6, 6.07) is 9.97. The second kappa shape index (κ2) is 8.96. The Morgan fingerprint density at radius 1 is 0.846 bits per heavy atom. The van der Waals surface area contributed by atoms with Crippen LogP contribution in [0, 0.1) is 0 Å². The maximum Gasteiger partial charge on any atom is 0.233 e. The molecule has 0 saturated heterocycles. The van der Waals surface area contributed by atoms with Crippen molar-refractivity contribution in [2.24, 2.45) is 0 Å². The number of carbonyl (C=O) groups is 2. The van der Waals surface area contributed by atoms with E-state index in [1.54, 1.807) is 24.3 Å². The van der Waals surface area contributed by atoms with Crippen LogP contribution in [0.3, 0.4) is 0 Å². The van der Waals surface area contributed by atoms with E-state index in [2.05, 4.69) is 10.6 Å². The molecule has 2 N–H and O–H groups in total. The third kappa shape index (κ3) is 4.80. The van der Waals surface area contributed by atoms with Gasteiger partial charge in [0.2, 0.25) is 11.8 Å². The first-order valence-corrected chi connectivity index (χ1v) is 8.00. The Hall–Kier alpha value is -2.93. The first-order valence-electron chi connectivity index (χ1n) is 7.62. The molecule has 2 amide bonds. The number of nitrogens with one attached hydrogen (secondary N) is 2. The van der Waals surface area contributed by atoms with Gasteiger partial charge >= 0.3 is 0 Å². The molecule has 0 aliphatic heterocycles. The minimum Gasteiger partial charge on any atom is -0.495 e. The lowest BCUT2D eigenvalue weighted by atomic mass is 10.2. The number of benzene rings is 2. The fraction of sp³-hybridized carbons (Fsp3) is 0.222. The van der Waals surface area contributed by atoms with Crippen LogP contribution in [0.15, 0.2) is 36.4 Å². The number of halogens is 1. The number of amides is 2. The second-order valence-corrected chi connectivity index (χ2v) is 5.57. The molecule has 0 aliphatic carbocycles. The van der Waals surface area contributed by atoms with Crippen molar-refractivity contribution in [3.8, 4) is 17.2 Å². The van der Waals surface area contributed by atoms with Gasteiger partial charge in [-0.1, -0.05) is 23.7 Å². The van der Waals surface area contributed by atoms with Crippen LogP contribution >= 0.6 is 11.6 Å². The van der Waals surface area contributed by atoms with Gasteiger partial charge in [-0.05, 0) is 12.1 Å². The van der Waals surface area contributed by atoms with Crippen LogP contribution in [0.2, 0.25) is 5.02 Å². The zero-order chi connectivity index (χ0) is 19.1. The maximum absolute atomic E-state index is 12.2. The van der Waals surface area contributed by atoms with E-state index < -0.39 is 11.8 Å². The van der Waals surface area contributed by atoms with Crippen LogP contribution < -0.4 is 24.8 Å². The van der Waals surface area contributed by atoms with E-state index in [9.17, 15) is 9.59 Å². The van der Waals surface area contributed by atoms with Crippen molar-refractivity contribution in [2.75, 3.05) is 32.0 Å². The molecule has 2 rings (SSSR count). The highest BCUT2D eigenvalue weighted by Gasteiger charge is 2.16. The zero-order valence-electron chi connectivity index (χ0n) is 14.6. The number of hydrogen-bond acceptors (Lipinski definition) is 5. The smallest absolute Gasteiger partial charge is 0.233 e. The fourth-order valence-corrected chi connectivity index (χ4v) is 2.47. The van der Waals surface area contributed by atoms with Crippen molar-refractivity contribution in [3.63, 3.8) is 0 Å². The molecule has 138 valence electrons. The summed E-state index contributed by atoms with van der Waals surface area (Å²) in [6.07, 6.45) is -0.383. The number of anilines is 2. The van der Waals surface area contributed by atoms with Crippen LogP contribution in [0.4, 0.5) is 11.4 Å². The minimum atomic E-state index is -0.514. The van der Waals surface area contributed by atoms with Gasteiger partial charge in [0.05, 0.1) is 37.7 Å². The van der Waals surface area contributed by atoms with E-state index in [4.69, 9.17) is 25.8 Å². The Balaban J connectivity index is 2.05. The van der Waals surface area contributed by atoms with E-state index >= 15 is 0 Å². The third-order valence-corrected chi connectivity index (χ3v) is 3.75. The van der Waals surface area contributed by atoms with Crippen molar-refractivity contribution in [3.05, 3.63) is 41.4 Å². The van der Waals surface area contributed by atoms with Gasteiger partial charge in [0.15, 0.2) is 0 Å². The molecule has 0 unspecified atom stereocenters. The summed E-state index contributed by atoms with van der Waals surface area (Å²) in [7, 11) is 4.40. The standard InChI is InChI=1S/C18H19ClN2O5/c1-24-14-7-5-4-6-12(14)20-17(22)10-18(23)21-13-9-15(25-2)11(19)8-16(13)26-3/h4-9H,10H2,1-3H3,(H,20,22)(H,21,23). The summed E-state index contributed by atoms with van der Waals surface area (Å²) in [6.45, 7) is 0. The van der Waals surface area contributed by atoms with Crippen molar-refractivity contribution in [1.29, 1.82) is 0 Å². The lowest BCUT2D eigenvalue weighted by Crippen LogP contribution is -2.22. The van der Waals surface area contributed by atoms with Crippen molar-refractivity contribution < 1.29 is 23.8 Å². The molecule has 0 heterocycles. The monoisotopic (exact) mass is 378 g/mol. The predicted molar refractivity (Wildman–Crippen MR) is 99.4 cm³/mol. The Bertz CT molecular complexity index is 810. The Morgan fingerprint density at radius 3 is 2.04 bits per heavy atom. The van der Waals surface area contributed by atoms with Gasteiger partial charge in [-0.2, -0.15) is 0 Å². The van der Waals surface area contributed by atoms with Gasteiger partial charge in [0.25, 0.3) is 0 Å². The molecular formula is C18H19ClN2O5. The molecule has 2 aromatic rings. The molecule has 0 spiro atoms. The van der Waals surface area contributed by atoms with Gasteiger partial charge < -0.3 is 24.8 Å². The van der Waals surface area contributed by atoms with E-state index in [-0.39, 0.29) is 6.42 Å². The minimum absolute atomic E-state index is 0.344. The summed E-state index contributed by atoms with van der Waals surface area (Å²) < 4.78 is 15.5. The molecule has 0 bridgehead atoms.